The zero-order valence-corrected chi connectivity index (χ0v) is 22.8. The Kier molecular flexibility index (Phi) is 6.88. The number of H-pyrrole nitrogens is 2. The molecule has 1 fully saturated rings. The smallest absolute Gasteiger partial charge is 0.252 e. The third-order valence-corrected chi connectivity index (χ3v) is 8.53. The Labute approximate surface area is 233 Å². The Morgan fingerprint density at radius 2 is 1.77 bits per heavy atom. The SMILES string of the molecule is C[C@@](Cc1c[nH]c2ccccc12)(NC(=O)c1ccc2cc[nH]c2c1)C(=O)NCC1(c2ccccn2)CCCCC1. The van der Waals surface area contributed by atoms with Crippen molar-refractivity contribution in [2.75, 3.05) is 6.54 Å². The van der Waals surface area contributed by atoms with E-state index in [1.807, 2.05) is 80.1 Å². The Bertz CT molecular complexity index is 1650. The van der Waals surface area contributed by atoms with Crippen molar-refractivity contribution in [3.63, 3.8) is 0 Å². The lowest BCUT2D eigenvalue weighted by atomic mass is 9.71. The van der Waals surface area contributed by atoms with Crippen molar-refractivity contribution >= 4 is 33.6 Å². The lowest BCUT2D eigenvalue weighted by molar-refractivity contribution is -0.127. The van der Waals surface area contributed by atoms with Gasteiger partial charge in [-0.2, -0.15) is 0 Å². The third kappa shape index (κ3) is 4.99. The monoisotopic (exact) mass is 533 g/mol. The van der Waals surface area contributed by atoms with Crippen molar-refractivity contribution in [1.82, 2.24) is 25.6 Å². The van der Waals surface area contributed by atoms with Crippen LogP contribution in [0.5, 0.6) is 0 Å². The van der Waals surface area contributed by atoms with Crippen LogP contribution in [0, 0.1) is 0 Å². The summed E-state index contributed by atoms with van der Waals surface area (Å²) in [7, 11) is 0. The fourth-order valence-corrected chi connectivity index (χ4v) is 6.22. The summed E-state index contributed by atoms with van der Waals surface area (Å²) in [6.07, 6.45) is 11.3. The highest BCUT2D eigenvalue weighted by Crippen LogP contribution is 2.38. The van der Waals surface area contributed by atoms with Crippen molar-refractivity contribution in [2.45, 2.75) is 56.4 Å². The minimum Gasteiger partial charge on any atom is -0.361 e. The number of nitrogens with one attached hydrogen (secondary N) is 4. The quantitative estimate of drug-likeness (QED) is 0.203. The van der Waals surface area contributed by atoms with E-state index in [9.17, 15) is 9.59 Å². The number of carbonyl (C=O) groups is 2. The Balaban J connectivity index is 1.29. The largest absolute Gasteiger partial charge is 0.361 e. The molecule has 0 spiro atoms. The van der Waals surface area contributed by atoms with Crippen molar-refractivity contribution < 1.29 is 9.59 Å². The van der Waals surface area contributed by atoms with E-state index in [1.165, 1.54) is 6.42 Å². The molecule has 1 aliphatic carbocycles. The highest BCUT2D eigenvalue weighted by Gasteiger charge is 2.40. The van der Waals surface area contributed by atoms with Gasteiger partial charge in [0.1, 0.15) is 5.54 Å². The Morgan fingerprint density at radius 1 is 0.950 bits per heavy atom. The van der Waals surface area contributed by atoms with Crippen LogP contribution in [0.1, 0.15) is 60.6 Å². The number of pyridine rings is 1. The first-order chi connectivity index (χ1) is 19.5. The summed E-state index contributed by atoms with van der Waals surface area (Å²) in [5.74, 6) is -0.487. The lowest BCUT2D eigenvalue weighted by Crippen LogP contribution is -2.59. The lowest BCUT2D eigenvalue weighted by Gasteiger charge is -2.38. The molecule has 1 aliphatic rings. The summed E-state index contributed by atoms with van der Waals surface area (Å²) < 4.78 is 0. The summed E-state index contributed by atoms with van der Waals surface area (Å²) in [6, 6.07) is 21.5. The molecule has 2 aromatic carbocycles. The van der Waals surface area contributed by atoms with Gasteiger partial charge in [-0.05, 0) is 67.1 Å². The van der Waals surface area contributed by atoms with E-state index in [0.29, 0.717) is 18.5 Å². The molecular weight excluding hydrogens is 498 g/mol. The van der Waals surface area contributed by atoms with Gasteiger partial charge >= 0.3 is 0 Å². The molecule has 6 rings (SSSR count). The summed E-state index contributed by atoms with van der Waals surface area (Å²) in [5, 5.41) is 8.45. The molecule has 0 aliphatic heterocycles. The molecule has 3 heterocycles. The number of carbonyl (C=O) groups excluding carboxylic acids is 2. The average molecular weight is 534 g/mol. The van der Waals surface area contributed by atoms with Crippen LogP contribution in [0.15, 0.2) is 85.3 Å². The fourth-order valence-electron chi connectivity index (χ4n) is 6.22. The zero-order valence-electron chi connectivity index (χ0n) is 22.8. The first kappa shape index (κ1) is 25.9. The van der Waals surface area contributed by atoms with Crippen molar-refractivity contribution in [3.8, 4) is 0 Å². The van der Waals surface area contributed by atoms with Crippen molar-refractivity contribution in [3.05, 3.63) is 102 Å². The number of amides is 2. The summed E-state index contributed by atoms with van der Waals surface area (Å²) in [5.41, 5.74) is 2.99. The van der Waals surface area contributed by atoms with Gasteiger partial charge in [0.25, 0.3) is 5.91 Å². The van der Waals surface area contributed by atoms with Gasteiger partial charge < -0.3 is 20.6 Å². The minimum atomic E-state index is -1.19. The number of hydrogen-bond acceptors (Lipinski definition) is 3. The molecule has 7 nitrogen and oxygen atoms in total. The van der Waals surface area contributed by atoms with Crippen molar-refractivity contribution in [1.29, 1.82) is 0 Å². The maximum atomic E-state index is 14.1. The van der Waals surface area contributed by atoms with E-state index in [-0.39, 0.29) is 17.2 Å². The van der Waals surface area contributed by atoms with Crippen LogP contribution >= 0.6 is 0 Å². The average Bonchev–Trinajstić information content (AvgIpc) is 3.63. The number of aromatic amines is 2. The number of fused-ring (bicyclic) bond motifs is 2. The number of hydrogen-bond donors (Lipinski definition) is 4. The van der Waals surface area contributed by atoms with E-state index in [0.717, 1.165) is 58.7 Å². The van der Waals surface area contributed by atoms with E-state index < -0.39 is 5.54 Å². The van der Waals surface area contributed by atoms with Crippen LogP contribution < -0.4 is 10.6 Å². The topological polar surface area (TPSA) is 103 Å². The van der Waals surface area contributed by atoms with Gasteiger partial charge in [0.2, 0.25) is 5.91 Å². The predicted octanol–water partition coefficient (Wildman–Crippen LogP) is 5.79. The minimum absolute atomic E-state index is 0.201. The predicted molar refractivity (Wildman–Crippen MR) is 158 cm³/mol. The van der Waals surface area contributed by atoms with E-state index in [1.54, 1.807) is 6.07 Å². The molecule has 0 bridgehead atoms. The maximum absolute atomic E-state index is 14.1. The second kappa shape index (κ2) is 10.6. The van der Waals surface area contributed by atoms with Gasteiger partial charge in [-0.15, -0.1) is 0 Å². The van der Waals surface area contributed by atoms with Gasteiger partial charge in [0, 0.05) is 64.6 Å². The first-order valence-corrected chi connectivity index (χ1v) is 14.1. The number of para-hydroxylation sites is 1. The Hall–Kier alpha value is -4.39. The first-order valence-electron chi connectivity index (χ1n) is 14.1. The molecule has 5 aromatic rings. The van der Waals surface area contributed by atoms with E-state index >= 15 is 0 Å². The zero-order chi connectivity index (χ0) is 27.6. The molecule has 40 heavy (non-hydrogen) atoms. The van der Waals surface area contributed by atoms with Crippen LogP contribution in [-0.2, 0) is 16.6 Å². The van der Waals surface area contributed by atoms with Crippen LogP contribution in [-0.4, -0.2) is 38.8 Å². The van der Waals surface area contributed by atoms with Crippen LogP contribution in [0.25, 0.3) is 21.8 Å². The molecule has 2 amide bonds. The van der Waals surface area contributed by atoms with Gasteiger partial charge in [-0.1, -0.05) is 49.6 Å². The van der Waals surface area contributed by atoms with Crippen LogP contribution in [0.4, 0.5) is 0 Å². The van der Waals surface area contributed by atoms with Crippen LogP contribution in [0.2, 0.25) is 0 Å². The molecule has 1 atom stereocenters. The number of benzene rings is 2. The molecule has 7 heteroatoms. The molecule has 1 saturated carbocycles. The molecule has 0 saturated heterocycles. The van der Waals surface area contributed by atoms with Crippen LogP contribution in [0.3, 0.4) is 0 Å². The normalized spacial score (nSPS) is 16.4. The van der Waals surface area contributed by atoms with E-state index in [2.05, 4.69) is 26.7 Å². The van der Waals surface area contributed by atoms with Gasteiger partial charge in [0.15, 0.2) is 0 Å². The second-order valence-corrected chi connectivity index (χ2v) is 11.3. The molecule has 0 radical (unpaired) electrons. The highest BCUT2D eigenvalue weighted by molar-refractivity contribution is 6.01. The molecular formula is C33H35N5O2. The molecule has 204 valence electrons. The maximum Gasteiger partial charge on any atom is 0.252 e. The highest BCUT2D eigenvalue weighted by atomic mass is 16.2. The molecule has 0 unspecified atom stereocenters. The number of aromatic nitrogens is 3. The number of rotatable bonds is 8. The van der Waals surface area contributed by atoms with Crippen molar-refractivity contribution in [2.24, 2.45) is 0 Å². The third-order valence-electron chi connectivity index (χ3n) is 8.53. The fraction of sp³-hybridized carbons (Fsp3) is 0.303. The summed E-state index contributed by atoms with van der Waals surface area (Å²) in [6.45, 7) is 2.31. The van der Waals surface area contributed by atoms with E-state index in [4.69, 9.17) is 4.98 Å². The van der Waals surface area contributed by atoms with Gasteiger partial charge in [-0.25, -0.2) is 0 Å². The standard InChI is InChI=1S/C33H35N5O2/c1-32(20-25-21-36-27-10-4-3-9-26(25)27,38-30(39)24-13-12-23-14-18-34-28(23)19-24)31(40)37-22-33(15-6-2-7-16-33)29-11-5-8-17-35-29/h3-5,8-14,17-19,21,34,36H,2,6-7,15-16,20,22H2,1H3,(H,37,40)(H,38,39)/t32-/m0/s1. The van der Waals surface area contributed by atoms with Gasteiger partial charge in [0.05, 0.1) is 0 Å². The molecule has 3 aromatic heterocycles. The molecule has 4 N–H and O–H groups in total. The number of nitrogens with zero attached hydrogens (tertiary/aromatic N) is 1. The summed E-state index contributed by atoms with van der Waals surface area (Å²) in [4.78, 5) is 38.9. The van der Waals surface area contributed by atoms with Gasteiger partial charge in [-0.3, -0.25) is 14.6 Å². The Morgan fingerprint density at radius 3 is 2.60 bits per heavy atom. The summed E-state index contributed by atoms with van der Waals surface area (Å²) >= 11 is 0. The second-order valence-electron chi connectivity index (χ2n) is 11.3.